The average molecular weight is 879 g/mol. The van der Waals surface area contributed by atoms with Gasteiger partial charge in [0.25, 0.3) is 0 Å². The second kappa shape index (κ2) is 16.0. The molecule has 0 fully saturated rings. The van der Waals surface area contributed by atoms with Crippen LogP contribution in [-0.4, -0.2) is 4.43 Å². The molecule has 0 amide bonds. The van der Waals surface area contributed by atoms with E-state index in [4.69, 9.17) is 9.05 Å². The molecule has 0 aliphatic carbocycles. The molecule has 0 spiro atoms. The van der Waals surface area contributed by atoms with Crippen molar-refractivity contribution in [1.82, 2.24) is 0 Å². The van der Waals surface area contributed by atoms with Gasteiger partial charge in [0.05, 0.1) is 0 Å². The quantitative estimate of drug-likeness (QED) is 0.0781. The van der Waals surface area contributed by atoms with Gasteiger partial charge in [-0.1, -0.05) is 53.7 Å². The number of fused-ring (bicyclic) bond motifs is 7. The summed E-state index contributed by atoms with van der Waals surface area (Å²) in [7, 11) is -4.99. The summed E-state index contributed by atoms with van der Waals surface area (Å²) in [6.45, 7) is 24.6. The van der Waals surface area contributed by atoms with Crippen molar-refractivity contribution in [2.24, 2.45) is 0 Å². The van der Waals surface area contributed by atoms with Gasteiger partial charge in [-0.15, -0.1) is 0 Å². The average Bonchev–Trinajstić information content (AvgIpc) is 3.28. The fraction of sp³-hybridized carbons (Fsp3) is 0.360. The van der Waals surface area contributed by atoms with Gasteiger partial charge < -0.3 is 0 Å². The number of halogens is 1. The van der Waals surface area contributed by atoms with Gasteiger partial charge in [0.15, 0.2) is 0 Å². The Labute approximate surface area is 344 Å². The molecule has 6 aromatic carbocycles. The predicted molar refractivity (Wildman–Crippen MR) is 231 cm³/mol. The number of hydrogen-bond donors (Lipinski definition) is 0. The van der Waals surface area contributed by atoms with Crippen molar-refractivity contribution in [2.75, 3.05) is 4.43 Å². The van der Waals surface area contributed by atoms with E-state index in [1.165, 1.54) is 42.2 Å². The van der Waals surface area contributed by atoms with E-state index in [0.717, 1.165) is 54.9 Å². The molecule has 0 saturated heterocycles. The minimum absolute atomic E-state index is 0.149. The van der Waals surface area contributed by atoms with Crippen LogP contribution >= 0.6 is 7.82 Å². The minimum atomic E-state index is -4.99. The van der Waals surface area contributed by atoms with Crippen molar-refractivity contribution in [3.05, 3.63) is 116 Å². The third kappa shape index (κ3) is 7.45. The maximum absolute atomic E-state index is 14.6. The number of phosphoric ester groups is 1. The predicted octanol–water partition coefficient (Wildman–Crippen LogP) is 11.5. The van der Waals surface area contributed by atoms with Gasteiger partial charge >= 0.3 is 270 Å². The molecule has 1 aliphatic heterocycles. The molecular formula is C50H56IO4P-2. The second-order valence-corrected chi connectivity index (χ2v) is 21.3. The molecule has 7 rings (SSSR count). The van der Waals surface area contributed by atoms with Crippen LogP contribution in [0.5, 0.6) is 11.5 Å². The molecule has 56 heavy (non-hydrogen) atoms. The molecule has 294 valence electrons. The summed E-state index contributed by atoms with van der Waals surface area (Å²) in [4.78, 5) is 14.6. The molecule has 1 heterocycles. The Morgan fingerprint density at radius 2 is 0.946 bits per heavy atom. The van der Waals surface area contributed by atoms with Crippen LogP contribution in [0.15, 0.2) is 84.9 Å². The normalized spacial score (nSPS) is 15.6. The van der Waals surface area contributed by atoms with E-state index < -0.39 is 7.82 Å². The summed E-state index contributed by atoms with van der Waals surface area (Å²) in [5.74, 6) is 1.77. The van der Waals surface area contributed by atoms with Gasteiger partial charge in [-0.25, -0.2) is 0 Å². The van der Waals surface area contributed by atoms with E-state index in [1.807, 2.05) is 12.1 Å². The zero-order valence-electron chi connectivity index (χ0n) is 34.8. The van der Waals surface area contributed by atoms with E-state index in [9.17, 15) is 9.46 Å². The fourth-order valence-corrected chi connectivity index (χ4v) is 11.5. The third-order valence-corrected chi connectivity index (χ3v) is 15.1. The number of alkyl halides is 1. The topological polar surface area (TPSA) is 58.6 Å². The summed E-state index contributed by atoms with van der Waals surface area (Å²) in [5, 5.41) is 3.88. The summed E-state index contributed by atoms with van der Waals surface area (Å²) in [5.41, 5.74) is 11.3. The molecule has 1 unspecified atom stereocenters. The summed E-state index contributed by atoms with van der Waals surface area (Å²) < 4.78 is 30.1. The molecular weight excluding hydrogens is 822 g/mol. The van der Waals surface area contributed by atoms with Gasteiger partial charge in [-0.2, -0.15) is 0 Å². The Balaban J connectivity index is 1.70. The number of phosphoric acid groups is 1. The SMILES string of the molecule is CCC[I-]c1cc(C(C)C)c(-c2cc3ccccc3c3c2OP(=O)([O-])Oc2c(-c4c(C(C)C)cc(C(C)C)cc4C(C)C)cc4ccccc4c2-3)c(C(C)C)c1. The zero-order valence-corrected chi connectivity index (χ0v) is 37.9. The zero-order chi connectivity index (χ0) is 40.2. The van der Waals surface area contributed by atoms with Crippen LogP contribution in [0.4, 0.5) is 0 Å². The Morgan fingerprint density at radius 3 is 1.32 bits per heavy atom. The Bertz CT molecular complexity index is 2450. The Morgan fingerprint density at radius 1 is 0.554 bits per heavy atom. The van der Waals surface area contributed by atoms with Crippen LogP contribution in [0, 0.1) is 3.57 Å². The van der Waals surface area contributed by atoms with E-state index in [2.05, 4.69) is 149 Å². The van der Waals surface area contributed by atoms with Gasteiger partial charge in [0.2, 0.25) is 0 Å². The summed E-state index contributed by atoms with van der Waals surface area (Å²) in [6.07, 6.45) is 1.17. The molecule has 0 N–H and O–H groups in total. The molecule has 0 saturated carbocycles. The number of benzene rings is 6. The fourth-order valence-electron chi connectivity index (χ4n) is 8.38. The third-order valence-electron chi connectivity index (χ3n) is 11.2. The van der Waals surface area contributed by atoms with E-state index in [0.29, 0.717) is 17.4 Å². The van der Waals surface area contributed by atoms with Crippen molar-refractivity contribution in [3.8, 4) is 44.9 Å². The van der Waals surface area contributed by atoms with Crippen molar-refractivity contribution in [1.29, 1.82) is 0 Å². The van der Waals surface area contributed by atoms with Crippen LogP contribution in [0.1, 0.15) is 140 Å². The molecule has 0 radical (unpaired) electrons. The van der Waals surface area contributed by atoms with Crippen LogP contribution in [-0.2, 0) is 4.57 Å². The molecule has 6 aromatic rings. The first-order chi connectivity index (χ1) is 26.6. The number of rotatable bonds is 10. The first-order valence-electron chi connectivity index (χ1n) is 20.4. The van der Waals surface area contributed by atoms with Gasteiger partial charge in [-0.3, -0.25) is 0 Å². The maximum atomic E-state index is 14.6. The Hall–Kier alpha value is -3.64. The molecule has 0 aromatic heterocycles. The van der Waals surface area contributed by atoms with E-state index in [-0.39, 0.29) is 44.9 Å². The van der Waals surface area contributed by atoms with Crippen LogP contribution in [0.2, 0.25) is 0 Å². The van der Waals surface area contributed by atoms with Gasteiger partial charge in [-0.05, 0) is 23.3 Å². The summed E-state index contributed by atoms with van der Waals surface area (Å²) >= 11 is -0.149. The standard InChI is InChI=1S/C50H57IO4P/c1-12-21-51-36-26-41(31(8)9)46(42(27-36)32(10)11)44-23-34-18-14-16-20-38(34)48-47-37-19-15-13-17-33(37)22-43(49(47)54-56(52,53)55-50(44)48)45-39(29(4)5)24-35(28(2)3)25-40(45)30(6)7/h13-20,22-32H,12,21H2,1-11H3,(H,52,53)/q-1/p-1. The van der Waals surface area contributed by atoms with Crippen LogP contribution < -0.4 is 35.1 Å². The van der Waals surface area contributed by atoms with E-state index >= 15 is 0 Å². The second-order valence-electron chi connectivity index (χ2n) is 17.0. The monoisotopic (exact) mass is 878 g/mol. The van der Waals surface area contributed by atoms with Gasteiger partial charge in [0, 0.05) is 0 Å². The van der Waals surface area contributed by atoms with Crippen molar-refractivity contribution in [2.45, 2.75) is 112 Å². The van der Waals surface area contributed by atoms with Crippen molar-refractivity contribution >= 4 is 29.4 Å². The van der Waals surface area contributed by atoms with Crippen LogP contribution in [0.3, 0.4) is 0 Å². The molecule has 1 aliphatic rings. The first-order valence-corrected chi connectivity index (χ1v) is 24.5. The molecule has 0 bridgehead atoms. The number of hydrogen-bond acceptors (Lipinski definition) is 4. The van der Waals surface area contributed by atoms with Crippen molar-refractivity contribution < 1.29 is 39.7 Å². The van der Waals surface area contributed by atoms with Crippen LogP contribution in [0.25, 0.3) is 54.9 Å². The molecule has 6 heteroatoms. The summed E-state index contributed by atoms with van der Waals surface area (Å²) in [6, 6.07) is 30.3. The van der Waals surface area contributed by atoms with Gasteiger partial charge in [0.1, 0.15) is 0 Å². The first kappa shape index (κ1) is 40.6. The molecule has 1 atom stereocenters. The molecule has 4 nitrogen and oxygen atoms in total. The Kier molecular flexibility index (Phi) is 11.6. The van der Waals surface area contributed by atoms with E-state index in [1.54, 1.807) is 0 Å². The van der Waals surface area contributed by atoms with Crippen molar-refractivity contribution in [3.63, 3.8) is 0 Å².